The van der Waals surface area contributed by atoms with E-state index in [1.807, 2.05) is 27.7 Å². The molecule has 0 radical (unpaired) electrons. The number of esters is 1. The molecule has 0 aromatic carbocycles. The number of fused-ring (bicyclic) bond motifs is 1. The average Bonchev–Trinajstić information content (AvgIpc) is 2.67. The number of aliphatic carboxylic acids is 1. The number of aliphatic hydroxyl groups is 2. The summed E-state index contributed by atoms with van der Waals surface area (Å²) in [5, 5.41) is 29.0. The normalized spacial score (nSPS) is 30.2. The van der Waals surface area contributed by atoms with Gasteiger partial charge in [0.2, 0.25) is 0 Å². The molecule has 0 aliphatic heterocycles. The second-order valence-corrected chi connectivity index (χ2v) is 10.5. The average molecular weight is 453 g/mol. The van der Waals surface area contributed by atoms with Gasteiger partial charge in [0.05, 0.1) is 24.0 Å². The molecule has 1 saturated carbocycles. The summed E-state index contributed by atoms with van der Waals surface area (Å²) in [4.78, 5) is 36.3. The fourth-order valence-electron chi connectivity index (χ4n) is 5.04. The van der Waals surface area contributed by atoms with Crippen LogP contribution in [0, 0.1) is 29.1 Å². The van der Waals surface area contributed by atoms with Crippen molar-refractivity contribution in [2.75, 3.05) is 0 Å². The zero-order valence-corrected chi connectivity index (χ0v) is 20.0. The first kappa shape index (κ1) is 26.5. The van der Waals surface area contributed by atoms with Gasteiger partial charge in [-0.1, -0.05) is 26.3 Å². The van der Waals surface area contributed by atoms with Crippen molar-refractivity contribution in [2.24, 2.45) is 29.1 Å². The third kappa shape index (κ3) is 6.64. The van der Waals surface area contributed by atoms with Gasteiger partial charge in [0, 0.05) is 11.8 Å². The fraction of sp³-hybridized carbons (Fsp3) is 0.800. The quantitative estimate of drug-likeness (QED) is 0.434. The molecule has 32 heavy (non-hydrogen) atoms. The van der Waals surface area contributed by atoms with Crippen LogP contribution in [-0.2, 0) is 19.1 Å². The minimum atomic E-state index is -1.11. The number of ether oxygens (including phenoxy) is 1. The topological polar surface area (TPSA) is 121 Å². The lowest BCUT2D eigenvalue weighted by molar-refractivity contribution is -0.166. The summed E-state index contributed by atoms with van der Waals surface area (Å²) in [6.45, 7) is 9.70. The molecule has 0 aromatic rings. The lowest BCUT2D eigenvalue weighted by Crippen LogP contribution is -2.46. The van der Waals surface area contributed by atoms with Crippen LogP contribution in [0.15, 0.2) is 11.6 Å². The third-order valence-corrected chi connectivity index (χ3v) is 7.41. The van der Waals surface area contributed by atoms with Crippen LogP contribution < -0.4 is 0 Å². The number of carbonyl (C=O) groups excluding carboxylic acids is 2. The van der Waals surface area contributed by atoms with Crippen molar-refractivity contribution in [2.45, 2.75) is 97.9 Å². The predicted octanol–water partition coefficient (Wildman–Crippen LogP) is 3.51. The van der Waals surface area contributed by atoms with Gasteiger partial charge >= 0.3 is 11.9 Å². The zero-order chi connectivity index (χ0) is 24.2. The summed E-state index contributed by atoms with van der Waals surface area (Å²) in [5.74, 6) is -1.36. The van der Waals surface area contributed by atoms with Crippen molar-refractivity contribution >= 4 is 17.7 Å². The summed E-state index contributed by atoms with van der Waals surface area (Å²) >= 11 is 0. The van der Waals surface area contributed by atoms with E-state index in [0.29, 0.717) is 25.2 Å². The van der Waals surface area contributed by atoms with Crippen LogP contribution in [0.5, 0.6) is 0 Å². The van der Waals surface area contributed by atoms with Gasteiger partial charge in [-0.3, -0.25) is 14.4 Å². The Balaban J connectivity index is 2.17. The maximum absolute atomic E-state index is 12.8. The van der Waals surface area contributed by atoms with Crippen LogP contribution in [0.1, 0.15) is 79.6 Å². The predicted molar refractivity (Wildman–Crippen MR) is 120 cm³/mol. The maximum atomic E-state index is 12.8. The minimum Gasteiger partial charge on any atom is -0.481 e. The van der Waals surface area contributed by atoms with Gasteiger partial charge in [-0.25, -0.2) is 0 Å². The number of carboxylic acid groups (broad SMARTS) is 1. The molecule has 0 unspecified atom stereocenters. The zero-order valence-electron chi connectivity index (χ0n) is 20.0. The number of ketones is 1. The Bertz CT molecular complexity index is 726. The van der Waals surface area contributed by atoms with Crippen LogP contribution >= 0.6 is 0 Å². The first-order chi connectivity index (χ1) is 14.9. The molecule has 2 aliphatic rings. The summed E-state index contributed by atoms with van der Waals surface area (Å²) in [7, 11) is 0. The van der Waals surface area contributed by atoms with E-state index in [2.05, 4.69) is 6.92 Å². The maximum Gasteiger partial charge on any atom is 0.311 e. The van der Waals surface area contributed by atoms with Crippen LogP contribution in [0.2, 0.25) is 0 Å². The number of aliphatic hydroxyl groups excluding tert-OH is 2. The van der Waals surface area contributed by atoms with E-state index in [4.69, 9.17) is 9.84 Å². The molecule has 0 aromatic heterocycles. The summed E-state index contributed by atoms with van der Waals surface area (Å²) in [6.07, 6.45) is 2.13. The Morgan fingerprint density at radius 1 is 1.22 bits per heavy atom. The van der Waals surface area contributed by atoms with Crippen molar-refractivity contribution in [3.8, 4) is 0 Å². The van der Waals surface area contributed by atoms with Crippen molar-refractivity contribution in [3.63, 3.8) is 0 Å². The number of rotatable bonds is 10. The number of hydrogen-bond donors (Lipinski definition) is 3. The fourth-order valence-corrected chi connectivity index (χ4v) is 5.04. The first-order valence-electron chi connectivity index (χ1n) is 11.9. The lowest BCUT2D eigenvalue weighted by atomic mass is 9.62. The third-order valence-electron chi connectivity index (χ3n) is 7.41. The smallest absolute Gasteiger partial charge is 0.311 e. The van der Waals surface area contributed by atoms with E-state index in [1.165, 1.54) is 0 Å². The highest BCUT2D eigenvalue weighted by Crippen LogP contribution is 2.47. The molecule has 7 heteroatoms. The highest BCUT2D eigenvalue weighted by molar-refractivity contribution is 5.93. The molecule has 0 heterocycles. The second-order valence-electron chi connectivity index (χ2n) is 10.5. The number of carboxylic acids is 1. The van der Waals surface area contributed by atoms with E-state index in [-0.39, 0.29) is 42.0 Å². The van der Waals surface area contributed by atoms with Crippen LogP contribution in [0.3, 0.4) is 0 Å². The van der Waals surface area contributed by atoms with Crippen molar-refractivity contribution in [1.29, 1.82) is 0 Å². The lowest BCUT2D eigenvalue weighted by Gasteiger charge is -2.45. The number of carbonyl (C=O) groups is 3. The van der Waals surface area contributed by atoms with Gasteiger partial charge in [0.1, 0.15) is 6.10 Å². The van der Waals surface area contributed by atoms with E-state index in [9.17, 15) is 24.6 Å². The van der Waals surface area contributed by atoms with E-state index >= 15 is 0 Å². The Morgan fingerprint density at radius 3 is 2.47 bits per heavy atom. The molecule has 2 aliphatic carbocycles. The van der Waals surface area contributed by atoms with Crippen LogP contribution in [0.4, 0.5) is 0 Å². The highest BCUT2D eigenvalue weighted by Gasteiger charge is 2.46. The Labute approximate surface area is 191 Å². The molecule has 7 nitrogen and oxygen atoms in total. The van der Waals surface area contributed by atoms with Crippen LogP contribution in [-0.4, -0.2) is 51.4 Å². The summed E-state index contributed by atoms with van der Waals surface area (Å²) in [5.41, 5.74) is 0.455. The van der Waals surface area contributed by atoms with E-state index < -0.39 is 30.0 Å². The van der Waals surface area contributed by atoms with Crippen molar-refractivity contribution < 1.29 is 34.4 Å². The minimum absolute atomic E-state index is 0.0190. The summed E-state index contributed by atoms with van der Waals surface area (Å²) < 4.78 is 6.06. The Hall–Kier alpha value is -1.73. The van der Waals surface area contributed by atoms with Gasteiger partial charge < -0.3 is 20.1 Å². The largest absolute Gasteiger partial charge is 0.481 e. The highest BCUT2D eigenvalue weighted by atomic mass is 16.5. The van der Waals surface area contributed by atoms with Gasteiger partial charge in [-0.15, -0.1) is 0 Å². The van der Waals surface area contributed by atoms with Gasteiger partial charge in [0.15, 0.2) is 5.78 Å². The molecule has 0 saturated heterocycles. The Morgan fingerprint density at radius 2 is 1.88 bits per heavy atom. The standard InChI is InChI=1S/C25H40O7/c1-6-25(4,5)24(31)32-21-10-14(2)9-16-11-20(28)15(3)19(23(16)21)8-7-17(26)12-18(27)13-22(29)30/h11,14-15,17-19,21,23,26-27H,6-10,12-13H2,1-5H3,(H,29,30)/t14-,15+,17-,18-,19-,21+,23+/m1/s1. The second kappa shape index (κ2) is 10.9. The molecular weight excluding hydrogens is 412 g/mol. The molecule has 2 rings (SSSR count). The van der Waals surface area contributed by atoms with E-state index in [0.717, 1.165) is 18.4 Å². The summed E-state index contributed by atoms with van der Waals surface area (Å²) in [6, 6.07) is 0. The molecule has 3 N–H and O–H groups in total. The molecule has 182 valence electrons. The monoisotopic (exact) mass is 452 g/mol. The SMILES string of the molecule is CCC(C)(C)C(=O)O[C@H]1C[C@H](C)CC2=CC(=O)[C@@H](C)[C@@H](CC[C@@H](O)C[C@@H](O)CC(=O)O)[C@H]21. The molecule has 1 fully saturated rings. The van der Waals surface area contributed by atoms with Gasteiger partial charge in [-0.2, -0.15) is 0 Å². The van der Waals surface area contributed by atoms with Crippen LogP contribution in [0.25, 0.3) is 0 Å². The molecule has 0 spiro atoms. The molecule has 7 atom stereocenters. The number of hydrogen-bond acceptors (Lipinski definition) is 6. The van der Waals surface area contributed by atoms with Crippen molar-refractivity contribution in [3.05, 3.63) is 11.6 Å². The van der Waals surface area contributed by atoms with E-state index in [1.54, 1.807) is 6.08 Å². The molecular formula is C25H40O7. The van der Waals surface area contributed by atoms with Gasteiger partial charge in [0.25, 0.3) is 0 Å². The molecule has 0 bridgehead atoms. The number of allylic oxidation sites excluding steroid dienone is 1. The molecule has 0 amide bonds. The first-order valence-corrected chi connectivity index (χ1v) is 11.9. The Kier molecular flexibility index (Phi) is 9.06. The van der Waals surface area contributed by atoms with Crippen molar-refractivity contribution in [1.82, 2.24) is 0 Å². The van der Waals surface area contributed by atoms with Gasteiger partial charge in [-0.05, 0) is 70.3 Å².